The van der Waals surface area contributed by atoms with Gasteiger partial charge in [0.15, 0.2) is 0 Å². The van der Waals surface area contributed by atoms with E-state index >= 15 is 0 Å². The molecule has 31 heavy (non-hydrogen) atoms. The predicted octanol–water partition coefficient (Wildman–Crippen LogP) is 4.76. The Kier molecular flexibility index (Phi) is 5.41. The Balaban J connectivity index is 1.23. The van der Waals surface area contributed by atoms with E-state index in [1.54, 1.807) is 12.3 Å². The number of carbonyl (C=O) groups excluding carboxylic acids is 1. The Bertz CT molecular complexity index is 1050. The van der Waals surface area contributed by atoms with Crippen molar-refractivity contribution in [3.63, 3.8) is 0 Å². The van der Waals surface area contributed by atoms with Gasteiger partial charge in [0.25, 0.3) is 5.91 Å². The van der Waals surface area contributed by atoms with E-state index < -0.39 is 0 Å². The van der Waals surface area contributed by atoms with Crippen molar-refractivity contribution in [2.24, 2.45) is 0 Å². The van der Waals surface area contributed by atoms with Crippen LogP contribution in [0.1, 0.15) is 47.0 Å². The maximum absolute atomic E-state index is 12.9. The smallest absolute Gasteiger partial charge is 0.255 e. The molecule has 1 amide bonds. The molecule has 5 rings (SSSR count). The first kappa shape index (κ1) is 19.7. The molecule has 1 unspecified atom stereocenters. The van der Waals surface area contributed by atoms with E-state index in [4.69, 9.17) is 4.42 Å². The van der Waals surface area contributed by atoms with E-state index in [9.17, 15) is 4.79 Å². The summed E-state index contributed by atoms with van der Waals surface area (Å²) in [7, 11) is 0. The lowest BCUT2D eigenvalue weighted by Gasteiger charge is -2.24. The largest absolute Gasteiger partial charge is 0.467 e. The maximum atomic E-state index is 12.9. The Morgan fingerprint density at radius 3 is 2.65 bits per heavy atom. The van der Waals surface area contributed by atoms with Crippen molar-refractivity contribution in [3.05, 3.63) is 83.3 Å². The molecule has 160 valence electrons. The summed E-state index contributed by atoms with van der Waals surface area (Å²) in [5.41, 5.74) is 5.57. The zero-order valence-electron chi connectivity index (χ0n) is 18.0. The fourth-order valence-electron chi connectivity index (χ4n) is 4.77. The molecule has 0 bridgehead atoms. The van der Waals surface area contributed by atoms with Gasteiger partial charge in [-0.15, -0.1) is 0 Å². The number of anilines is 2. The highest BCUT2D eigenvalue weighted by molar-refractivity contribution is 5.95. The first-order chi connectivity index (χ1) is 15.2. The van der Waals surface area contributed by atoms with Gasteiger partial charge in [0, 0.05) is 37.1 Å². The van der Waals surface area contributed by atoms with Crippen LogP contribution in [0.25, 0.3) is 0 Å². The van der Waals surface area contributed by atoms with Crippen molar-refractivity contribution >= 4 is 17.3 Å². The van der Waals surface area contributed by atoms with Crippen molar-refractivity contribution in [1.82, 2.24) is 5.32 Å². The van der Waals surface area contributed by atoms with Crippen LogP contribution in [0, 0.1) is 0 Å². The van der Waals surface area contributed by atoms with E-state index in [2.05, 4.69) is 70.6 Å². The maximum Gasteiger partial charge on any atom is 0.255 e. The van der Waals surface area contributed by atoms with Gasteiger partial charge in [0.2, 0.25) is 0 Å². The number of furan rings is 1. The van der Waals surface area contributed by atoms with Crippen LogP contribution in [0.3, 0.4) is 0 Å². The first-order valence-electron chi connectivity index (χ1n) is 11.2. The van der Waals surface area contributed by atoms with E-state index in [-0.39, 0.29) is 5.91 Å². The molecular formula is C26H29N3O2. The van der Waals surface area contributed by atoms with Gasteiger partial charge in [-0.2, -0.15) is 0 Å². The predicted molar refractivity (Wildman–Crippen MR) is 124 cm³/mol. The third-order valence-corrected chi connectivity index (χ3v) is 6.51. The highest BCUT2D eigenvalue weighted by atomic mass is 16.3. The zero-order chi connectivity index (χ0) is 21.2. The molecule has 5 heteroatoms. The molecule has 3 aromatic rings. The lowest BCUT2D eigenvalue weighted by atomic mass is 10.1. The van der Waals surface area contributed by atoms with Crippen LogP contribution in [-0.4, -0.2) is 25.0 Å². The molecule has 0 radical (unpaired) electrons. The summed E-state index contributed by atoms with van der Waals surface area (Å²) < 4.78 is 5.73. The van der Waals surface area contributed by atoms with E-state index in [1.165, 1.54) is 29.8 Å². The molecule has 1 aromatic heterocycles. The summed E-state index contributed by atoms with van der Waals surface area (Å²) >= 11 is 0. The number of para-hydroxylation sites is 1. The van der Waals surface area contributed by atoms with Crippen LogP contribution < -0.4 is 15.1 Å². The number of fused-ring (bicyclic) bond motifs is 1. The van der Waals surface area contributed by atoms with Crippen LogP contribution in [0.15, 0.2) is 65.3 Å². The number of benzene rings is 2. The van der Waals surface area contributed by atoms with Crippen molar-refractivity contribution in [1.29, 1.82) is 0 Å². The third-order valence-electron chi connectivity index (χ3n) is 6.51. The van der Waals surface area contributed by atoms with Gasteiger partial charge in [-0.05, 0) is 61.6 Å². The number of carbonyl (C=O) groups is 1. The monoisotopic (exact) mass is 415 g/mol. The second-order valence-electron chi connectivity index (χ2n) is 8.61. The van der Waals surface area contributed by atoms with E-state index in [0.29, 0.717) is 30.5 Å². The molecule has 5 nitrogen and oxygen atoms in total. The quantitative estimate of drug-likeness (QED) is 0.631. The Morgan fingerprint density at radius 2 is 1.84 bits per heavy atom. The molecule has 2 aliphatic heterocycles. The Labute approximate surface area is 183 Å². The summed E-state index contributed by atoms with van der Waals surface area (Å²) in [6.45, 7) is 5.60. The van der Waals surface area contributed by atoms with Gasteiger partial charge < -0.3 is 19.5 Å². The van der Waals surface area contributed by atoms with Crippen LogP contribution in [0.2, 0.25) is 0 Å². The van der Waals surface area contributed by atoms with Crippen LogP contribution in [0.4, 0.5) is 11.4 Å². The SMILES string of the molecule is CC1Cc2ccccc2N1Cc1occc1C(=O)NCc1ccc(N2CCCC2)cc1. The summed E-state index contributed by atoms with van der Waals surface area (Å²) in [5.74, 6) is 0.623. The average molecular weight is 416 g/mol. The number of hydrogen-bond acceptors (Lipinski definition) is 4. The topological polar surface area (TPSA) is 48.7 Å². The standard InChI is InChI=1S/C26H29N3O2/c1-19-16-21-6-2-3-7-24(21)29(19)18-25-23(12-15-31-25)26(30)27-17-20-8-10-22(11-9-20)28-13-4-5-14-28/h2-3,6-12,15,19H,4-5,13-14,16-18H2,1H3,(H,27,30). The number of nitrogens with zero attached hydrogens (tertiary/aromatic N) is 2. The number of rotatable bonds is 6. The Morgan fingerprint density at radius 1 is 1.06 bits per heavy atom. The fraction of sp³-hybridized carbons (Fsp3) is 0.346. The highest BCUT2D eigenvalue weighted by Crippen LogP contribution is 2.33. The van der Waals surface area contributed by atoms with Crippen molar-refractivity contribution in [3.8, 4) is 0 Å². The van der Waals surface area contributed by atoms with Crippen molar-refractivity contribution in [2.45, 2.75) is 45.3 Å². The molecule has 3 heterocycles. The lowest BCUT2D eigenvalue weighted by Crippen LogP contribution is -2.30. The molecule has 1 atom stereocenters. The molecule has 1 fully saturated rings. The van der Waals surface area contributed by atoms with Crippen molar-refractivity contribution < 1.29 is 9.21 Å². The summed E-state index contributed by atoms with van der Waals surface area (Å²) in [5, 5.41) is 3.05. The normalized spacial score (nSPS) is 17.8. The number of nitrogens with one attached hydrogen (secondary N) is 1. The van der Waals surface area contributed by atoms with Gasteiger partial charge in [-0.25, -0.2) is 0 Å². The lowest BCUT2D eigenvalue weighted by molar-refractivity contribution is 0.0949. The van der Waals surface area contributed by atoms with Gasteiger partial charge in [-0.1, -0.05) is 30.3 Å². The molecular weight excluding hydrogens is 386 g/mol. The van der Waals surface area contributed by atoms with Crippen LogP contribution in [-0.2, 0) is 19.5 Å². The van der Waals surface area contributed by atoms with E-state index in [0.717, 1.165) is 25.1 Å². The molecule has 2 aromatic carbocycles. The van der Waals surface area contributed by atoms with Gasteiger partial charge in [-0.3, -0.25) is 4.79 Å². The molecule has 2 aliphatic rings. The van der Waals surface area contributed by atoms with Crippen LogP contribution >= 0.6 is 0 Å². The van der Waals surface area contributed by atoms with E-state index in [1.807, 2.05) is 0 Å². The minimum atomic E-state index is -0.0903. The highest BCUT2D eigenvalue weighted by Gasteiger charge is 2.28. The van der Waals surface area contributed by atoms with Gasteiger partial charge in [0.1, 0.15) is 5.76 Å². The zero-order valence-corrected chi connectivity index (χ0v) is 18.0. The third kappa shape index (κ3) is 4.05. The first-order valence-corrected chi connectivity index (χ1v) is 11.2. The number of hydrogen-bond donors (Lipinski definition) is 1. The molecule has 0 aliphatic carbocycles. The van der Waals surface area contributed by atoms with Gasteiger partial charge in [0.05, 0.1) is 18.4 Å². The molecule has 0 saturated carbocycles. The van der Waals surface area contributed by atoms with Crippen LogP contribution in [0.5, 0.6) is 0 Å². The Hall–Kier alpha value is -3.21. The van der Waals surface area contributed by atoms with Gasteiger partial charge >= 0.3 is 0 Å². The molecule has 1 saturated heterocycles. The summed E-state index contributed by atoms with van der Waals surface area (Å²) in [6, 6.07) is 19.1. The minimum absolute atomic E-state index is 0.0903. The fourth-order valence-corrected chi connectivity index (χ4v) is 4.77. The molecule has 0 spiro atoms. The number of amides is 1. The average Bonchev–Trinajstić information content (AvgIpc) is 3.54. The second-order valence-corrected chi connectivity index (χ2v) is 8.61. The summed E-state index contributed by atoms with van der Waals surface area (Å²) in [4.78, 5) is 17.6. The second kappa shape index (κ2) is 8.50. The minimum Gasteiger partial charge on any atom is -0.467 e. The molecule has 1 N–H and O–H groups in total. The van der Waals surface area contributed by atoms with Crippen molar-refractivity contribution in [2.75, 3.05) is 22.9 Å². The summed E-state index contributed by atoms with van der Waals surface area (Å²) in [6.07, 6.45) is 5.17.